The first-order valence-corrected chi connectivity index (χ1v) is 4.82. The van der Waals surface area contributed by atoms with Gasteiger partial charge >= 0.3 is 0 Å². The van der Waals surface area contributed by atoms with Crippen LogP contribution in [0.5, 0.6) is 0 Å². The Morgan fingerprint density at radius 1 is 1.33 bits per heavy atom. The van der Waals surface area contributed by atoms with Gasteiger partial charge < -0.3 is 10.2 Å². The van der Waals surface area contributed by atoms with E-state index in [1.54, 1.807) is 4.90 Å². The van der Waals surface area contributed by atoms with E-state index in [2.05, 4.69) is 5.32 Å². The fourth-order valence-electron chi connectivity index (χ4n) is 1.70. The topological polar surface area (TPSA) is 32.3 Å². The lowest BCUT2D eigenvalue weighted by molar-refractivity contribution is -0.134. The van der Waals surface area contributed by atoms with Crippen LogP contribution in [-0.4, -0.2) is 30.9 Å². The number of halogens is 1. The lowest BCUT2D eigenvalue weighted by atomic mass is 10.0. The van der Waals surface area contributed by atoms with Gasteiger partial charge in [0, 0.05) is 20.1 Å². The van der Waals surface area contributed by atoms with Gasteiger partial charge in [0.15, 0.2) is 0 Å². The van der Waals surface area contributed by atoms with E-state index in [0.717, 1.165) is 18.7 Å². The second-order valence-electron chi connectivity index (χ2n) is 3.56. The Bertz CT molecular complexity index is 329. The highest BCUT2D eigenvalue weighted by molar-refractivity contribution is 5.85. The quantitative estimate of drug-likeness (QED) is 0.781. The molecule has 1 atom stereocenters. The van der Waals surface area contributed by atoms with Crippen molar-refractivity contribution in [1.82, 2.24) is 10.2 Å². The van der Waals surface area contributed by atoms with Gasteiger partial charge in [-0.25, -0.2) is 0 Å². The molecule has 3 nitrogen and oxygen atoms in total. The van der Waals surface area contributed by atoms with Crippen LogP contribution >= 0.6 is 12.4 Å². The number of carbonyl (C=O) groups excluding carboxylic acids is 1. The predicted molar refractivity (Wildman–Crippen MR) is 62.1 cm³/mol. The highest BCUT2D eigenvalue weighted by atomic mass is 35.5. The minimum atomic E-state index is -0.157. The van der Waals surface area contributed by atoms with Gasteiger partial charge in [0.05, 0.1) is 0 Å². The molecule has 1 aromatic carbocycles. The Kier molecular flexibility index (Phi) is 4.12. The van der Waals surface area contributed by atoms with Crippen molar-refractivity contribution in [2.45, 2.75) is 6.04 Å². The first-order chi connectivity index (χ1) is 6.79. The summed E-state index contributed by atoms with van der Waals surface area (Å²) in [6.45, 7) is 1.66. The van der Waals surface area contributed by atoms with Gasteiger partial charge in [-0.15, -0.1) is 12.4 Å². The molecule has 2 rings (SSSR count). The highest BCUT2D eigenvalue weighted by Crippen LogP contribution is 2.16. The van der Waals surface area contributed by atoms with Gasteiger partial charge in [0.2, 0.25) is 5.91 Å². The predicted octanol–water partition coefficient (Wildman–Crippen LogP) is 1.21. The van der Waals surface area contributed by atoms with E-state index < -0.39 is 0 Å². The van der Waals surface area contributed by atoms with Crippen molar-refractivity contribution in [3.8, 4) is 0 Å². The average Bonchev–Trinajstić information content (AvgIpc) is 2.23. The molecule has 0 aromatic heterocycles. The van der Waals surface area contributed by atoms with E-state index in [1.807, 2.05) is 37.4 Å². The first-order valence-electron chi connectivity index (χ1n) is 4.82. The summed E-state index contributed by atoms with van der Waals surface area (Å²) in [7, 11) is 1.85. The lowest BCUT2D eigenvalue weighted by Crippen LogP contribution is -2.48. The normalized spacial score (nSPS) is 21.0. The Labute approximate surface area is 95.9 Å². The Morgan fingerprint density at radius 2 is 2.00 bits per heavy atom. The molecule has 1 aliphatic rings. The summed E-state index contributed by atoms with van der Waals surface area (Å²) in [5, 5.41) is 3.22. The number of rotatable bonds is 1. The van der Waals surface area contributed by atoms with Gasteiger partial charge in [-0.1, -0.05) is 30.3 Å². The molecule has 1 heterocycles. The molecule has 1 unspecified atom stereocenters. The number of likely N-dealkylation sites (N-methyl/N-ethyl adjacent to an activating group) is 1. The number of hydrogen-bond donors (Lipinski definition) is 1. The van der Waals surface area contributed by atoms with Gasteiger partial charge in [-0.3, -0.25) is 4.79 Å². The third-order valence-electron chi connectivity index (χ3n) is 2.55. The molecule has 0 aliphatic carbocycles. The molecule has 0 radical (unpaired) electrons. The maximum atomic E-state index is 11.8. The molecule has 82 valence electrons. The van der Waals surface area contributed by atoms with E-state index in [0.29, 0.717) is 0 Å². The minimum Gasteiger partial charge on any atom is -0.343 e. The molecule has 15 heavy (non-hydrogen) atoms. The average molecular weight is 227 g/mol. The number of amides is 1. The second kappa shape index (κ2) is 5.14. The van der Waals surface area contributed by atoms with Crippen molar-refractivity contribution < 1.29 is 4.79 Å². The molecule has 1 fully saturated rings. The zero-order valence-corrected chi connectivity index (χ0v) is 9.46. The number of nitrogens with zero attached hydrogens (tertiary/aromatic N) is 1. The summed E-state index contributed by atoms with van der Waals surface area (Å²) in [6.07, 6.45) is 0. The van der Waals surface area contributed by atoms with Crippen molar-refractivity contribution in [3.05, 3.63) is 35.9 Å². The van der Waals surface area contributed by atoms with Crippen LogP contribution in [0.3, 0.4) is 0 Å². The molecule has 0 saturated carbocycles. The number of nitrogens with one attached hydrogen (secondary N) is 1. The van der Waals surface area contributed by atoms with Crippen LogP contribution < -0.4 is 5.32 Å². The summed E-state index contributed by atoms with van der Waals surface area (Å²) in [6, 6.07) is 9.68. The maximum Gasteiger partial charge on any atom is 0.244 e. The standard InChI is InChI=1S/C11H14N2O.ClH/c1-13-8-7-12-10(11(13)14)9-5-3-2-4-6-9;/h2-6,10,12H,7-8H2,1H3;1H. The van der Waals surface area contributed by atoms with Gasteiger partial charge in [-0.05, 0) is 5.56 Å². The van der Waals surface area contributed by atoms with Crippen LogP contribution in [0.2, 0.25) is 0 Å². The van der Waals surface area contributed by atoms with E-state index in [-0.39, 0.29) is 24.4 Å². The van der Waals surface area contributed by atoms with Gasteiger partial charge in [-0.2, -0.15) is 0 Å². The number of hydrogen-bond acceptors (Lipinski definition) is 2. The van der Waals surface area contributed by atoms with Crippen LogP contribution in [0.15, 0.2) is 30.3 Å². The Morgan fingerprint density at radius 3 is 2.67 bits per heavy atom. The second-order valence-corrected chi connectivity index (χ2v) is 3.56. The van der Waals surface area contributed by atoms with Gasteiger partial charge in [0.1, 0.15) is 6.04 Å². The number of piperazine rings is 1. The molecule has 0 spiro atoms. The lowest BCUT2D eigenvalue weighted by Gasteiger charge is -2.30. The van der Waals surface area contributed by atoms with Gasteiger partial charge in [0.25, 0.3) is 0 Å². The summed E-state index contributed by atoms with van der Waals surface area (Å²) in [4.78, 5) is 13.6. The Hall–Kier alpha value is -1.06. The van der Waals surface area contributed by atoms with Crippen molar-refractivity contribution in [2.24, 2.45) is 0 Å². The third kappa shape index (κ3) is 2.49. The molecule has 1 aliphatic heterocycles. The third-order valence-corrected chi connectivity index (χ3v) is 2.55. The first kappa shape index (κ1) is 12.0. The van der Waals surface area contributed by atoms with E-state index in [9.17, 15) is 4.79 Å². The summed E-state index contributed by atoms with van der Waals surface area (Å²) in [5.41, 5.74) is 1.05. The zero-order chi connectivity index (χ0) is 9.97. The largest absolute Gasteiger partial charge is 0.343 e. The summed E-state index contributed by atoms with van der Waals surface area (Å²) < 4.78 is 0. The number of benzene rings is 1. The van der Waals surface area contributed by atoms with Crippen LogP contribution in [0.4, 0.5) is 0 Å². The smallest absolute Gasteiger partial charge is 0.244 e. The Balaban J connectivity index is 0.00000112. The van der Waals surface area contributed by atoms with E-state index in [1.165, 1.54) is 0 Å². The molecular formula is C11H15ClN2O. The molecule has 0 bridgehead atoms. The number of carbonyl (C=O) groups is 1. The van der Waals surface area contributed by atoms with E-state index in [4.69, 9.17) is 0 Å². The highest BCUT2D eigenvalue weighted by Gasteiger charge is 2.26. The van der Waals surface area contributed by atoms with Crippen molar-refractivity contribution in [1.29, 1.82) is 0 Å². The monoisotopic (exact) mass is 226 g/mol. The van der Waals surface area contributed by atoms with E-state index >= 15 is 0 Å². The summed E-state index contributed by atoms with van der Waals surface area (Å²) in [5.74, 6) is 0.155. The molecule has 1 aromatic rings. The zero-order valence-electron chi connectivity index (χ0n) is 8.64. The van der Waals surface area contributed by atoms with Crippen LogP contribution in [-0.2, 0) is 4.79 Å². The van der Waals surface area contributed by atoms with Crippen LogP contribution in [0.1, 0.15) is 11.6 Å². The minimum absolute atomic E-state index is 0. The maximum absolute atomic E-state index is 11.8. The molecule has 4 heteroatoms. The molecule has 1 saturated heterocycles. The van der Waals surface area contributed by atoms with Crippen LogP contribution in [0, 0.1) is 0 Å². The molecular weight excluding hydrogens is 212 g/mol. The molecule has 1 N–H and O–H groups in total. The van der Waals surface area contributed by atoms with Crippen molar-refractivity contribution in [2.75, 3.05) is 20.1 Å². The van der Waals surface area contributed by atoms with Crippen molar-refractivity contribution in [3.63, 3.8) is 0 Å². The SMILES string of the molecule is CN1CCNC(c2ccccc2)C1=O.Cl. The summed E-state index contributed by atoms with van der Waals surface area (Å²) >= 11 is 0. The fraction of sp³-hybridized carbons (Fsp3) is 0.364. The van der Waals surface area contributed by atoms with Crippen molar-refractivity contribution >= 4 is 18.3 Å². The molecule has 1 amide bonds. The fourth-order valence-corrected chi connectivity index (χ4v) is 1.70. The van der Waals surface area contributed by atoms with Crippen LogP contribution in [0.25, 0.3) is 0 Å².